The summed E-state index contributed by atoms with van der Waals surface area (Å²) in [5.41, 5.74) is 0. The van der Waals surface area contributed by atoms with E-state index in [1.807, 2.05) is 116 Å². The first-order valence-electron chi connectivity index (χ1n) is 7.78. The number of hydrogen-bond donors (Lipinski definition) is 0. The van der Waals surface area contributed by atoms with Crippen molar-refractivity contribution in [3.63, 3.8) is 0 Å². The summed E-state index contributed by atoms with van der Waals surface area (Å²) in [6.07, 6.45) is 39.3. The first-order chi connectivity index (χ1) is 11.9. The first kappa shape index (κ1) is 26.4. The van der Waals surface area contributed by atoms with E-state index in [0.717, 1.165) is 11.8 Å². The first-order valence-corrected chi connectivity index (χ1v) is 7.78. The quantitative estimate of drug-likeness (QED) is 0.373. The number of hydrogen-bond acceptors (Lipinski definition) is 2. The molecule has 0 aromatic carbocycles. The third kappa shape index (κ3) is 13.5. The molecule has 0 N–H and O–H groups in total. The van der Waals surface area contributed by atoms with Crippen LogP contribution in [0.1, 0.15) is 0 Å². The van der Waals surface area contributed by atoms with Crippen LogP contribution in [0.15, 0.2) is 10.2 Å². The van der Waals surface area contributed by atoms with Gasteiger partial charge < -0.3 is 0 Å². The smallest absolute Gasteiger partial charge is 0.163 e. The summed E-state index contributed by atoms with van der Waals surface area (Å²) in [6.45, 7) is 0. The molecule has 0 amide bonds. The van der Waals surface area contributed by atoms with E-state index >= 15 is 0 Å². The Morgan fingerprint density at radius 2 is 0.615 bits per heavy atom. The minimum Gasteiger partial charge on any atom is -0.163 e. The predicted molar refractivity (Wildman–Crippen MR) is 101 cm³/mol. The minimum absolute atomic E-state index is 0. The number of rotatable bonds is 3. The largest absolute Gasteiger partial charge is 2.00 e. The van der Waals surface area contributed by atoms with E-state index in [4.69, 9.17) is 0 Å². The summed E-state index contributed by atoms with van der Waals surface area (Å²) in [5.74, 6) is 2.15. The SMILES string of the molecule is [CH]1[CH][CH][CH][CH]1.[CH]1[CH][CH][CH][CH]1.[CH]1[CH][CH][C](/C=N/N=C/[C]2[CH][CH][CH][CH]2)[CH]1.[Fe+2].[Fe+2]. The van der Waals surface area contributed by atoms with Crippen LogP contribution in [0.4, 0.5) is 0 Å². The molecule has 0 aliphatic heterocycles. The monoisotopic (exact) mass is 424 g/mol. The maximum atomic E-state index is 3.93. The van der Waals surface area contributed by atoms with Crippen LogP contribution in [0, 0.1) is 127 Å². The van der Waals surface area contributed by atoms with Crippen molar-refractivity contribution in [2.24, 2.45) is 10.2 Å². The molecular formula is C22H20Fe2N2+4. The van der Waals surface area contributed by atoms with E-state index < -0.39 is 0 Å². The molecule has 20 radical (unpaired) electrons. The van der Waals surface area contributed by atoms with Crippen LogP contribution in [0.3, 0.4) is 0 Å². The van der Waals surface area contributed by atoms with Crippen LogP contribution < -0.4 is 0 Å². The van der Waals surface area contributed by atoms with E-state index in [0.29, 0.717) is 0 Å². The van der Waals surface area contributed by atoms with Gasteiger partial charge in [0, 0.05) is 24.3 Å². The van der Waals surface area contributed by atoms with E-state index in [2.05, 4.69) is 10.2 Å². The van der Waals surface area contributed by atoms with Crippen molar-refractivity contribution in [1.29, 1.82) is 0 Å². The Hall–Kier alpha value is 0.379. The summed E-state index contributed by atoms with van der Waals surface area (Å²) in [6, 6.07) is 0. The Balaban J connectivity index is 0.000000432. The van der Waals surface area contributed by atoms with Crippen molar-refractivity contribution in [2.45, 2.75) is 0 Å². The Labute approximate surface area is 183 Å². The molecule has 0 heterocycles. The molecule has 4 fully saturated rings. The number of nitrogens with zero attached hydrogens (tertiary/aromatic N) is 2. The zero-order chi connectivity index (χ0) is 16.7. The normalized spacial score (nSPS) is 23.2. The van der Waals surface area contributed by atoms with Crippen molar-refractivity contribution >= 4 is 12.4 Å². The fourth-order valence-electron chi connectivity index (χ4n) is 1.79. The topological polar surface area (TPSA) is 24.7 Å². The van der Waals surface area contributed by atoms with Gasteiger partial charge in [-0.05, 0) is 116 Å². The van der Waals surface area contributed by atoms with Crippen molar-refractivity contribution in [3.05, 3.63) is 127 Å². The second-order valence-electron chi connectivity index (χ2n) is 4.85. The summed E-state index contributed by atoms with van der Waals surface area (Å²) in [5, 5.41) is 7.87. The molecule has 130 valence electrons. The molecule has 0 unspecified atom stereocenters. The fraction of sp³-hybridized carbons (Fsp3) is 0. The molecule has 2 nitrogen and oxygen atoms in total. The molecular weight excluding hydrogens is 404 g/mol. The van der Waals surface area contributed by atoms with Crippen molar-refractivity contribution in [3.8, 4) is 0 Å². The van der Waals surface area contributed by atoms with Crippen LogP contribution >= 0.6 is 0 Å². The van der Waals surface area contributed by atoms with Gasteiger partial charge in [0.25, 0.3) is 0 Å². The second kappa shape index (κ2) is 18.7. The molecule has 0 bridgehead atoms. The Morgan fingerprint density at radius 1 is 0.385 bits per heavy atom. The molecule has 4 aliphatic carbocycles. The summed E-state index contributed by atoms with van der Waals surface area (Å²) < 4.78 is 0. The van der Waals surface area contributed by atoms with Gasteiger partial charge in [-0.2, -0.15) is 10.2 Å². The molecule has 4 heteroatoms. The van der Waals surface area contributed by atoms with Crippen LogP contribution in [-0.2, 0) is 34.1 Å². The van der Waals surface area contributed by atoms with Gasteiger partial charge >= 0.3 is 34.1 Å². The van der Waals surface area contributed by atoms with Gasteiger partial charge in [0.2, 0.25) is 0 Å². The average molecular weight is 424 g/mol. The summed E-state index contributed by atoms with van der Waals surface area (Å²) in [4.78, 5) is 0. The molecule has 0 aromatic heterocycles. The van der Waals surface area contributed by atoms with Crippen LogP contribution in [-0.4, -0.2) is 12.4 Å². The zero-order valence-corrected chi connectivity index (χ0v) is 16.4. The van der Waals surface area contributed by atoms with E-state index in [1.165, 1.54) is 0 Å². The third-order valence-electron chi connectivity index (χ3n) is 2.97. The maximum absolute atomic E-state index is 3.93. The van der Waals surface area contributed by atoms with Gasteiger partial charge in [-0.25, -0.2) is 0 Å². The fourth-order valence-corrected chi connectivity index (χ4v) is 1.79. The molecule has 4 saturated carbocycles. The van der Waals surface area contributed by atoms with Crippen LogP contribution in [0.2, 0.25) is 0 Å². The van der Waals surface area contributed by atoms with E-state index in [-0.39, 0.29) is 34.1 Å². The molecule has 0 aromatic rings. The van der Waals surface area contributed by atoms with Gasteiger partial charge in [0.15, 0.2) is 0 Å². The van der Waals surface area contributed by atoms with Gasteiger partial charge in [-0.1, -0.05) is 0 Å². The van der Waals surface area contributed by atoms with Crippen LogP contribution in [0.5, 0.6) is 0 Å². The molecule has 26 heavy (non-hydrogen) atoms. The Bertz CT molecular complexity index is 289. The zero-order valence-electron chi connectivity index (χ0n) is 14.1. The molecule has 0 spiro atoms. The predicted octanol–water partition coefficient (Wildman–Crippen LogP) is 3.89. The average Bonchev–Trinajstić information content (AvgIpc) is 3.44. The molecule has 0 atom stereocenters. The summed E-state index contributed by atoms with van der Waals surface area (Å²) in [7, 11) is 0. The van der Waals surface area contributed by atoms with Gasteiger partial charge in [-0.15, -0.1) is 0 Å². The van der Waals surface area contributed by atoms with E-state index in [9.17, 15) is 0 Å². The van der Waals surface area contributed by atoms with Gasteiger partial charge in [0.05, 0.1) is 0 Å². The third-order valence-corrected chi connectivity index (χ3v) is 2.97. The molecule has 0 saturated heterocycles. The van der Waals surface area contributed by atoms with Crippen molar-refractivity contribution in [2.75, 3.05) is 0 Å². The minimum atomic E-state index is 0. The van der Waals surface area contributed by atoms with Crippen LogP contribution in [0.25, 0.3) is 0 Å². The van der Waals surface area contributed by atoms with Crippen molar-refractivity contribution < 1.29 is 34.1 Å². The Morgan fingerprint density at radius 3 is 0.846 bits per heavy atom. The maximum Gasteiger partial charge on any atom is 2.00 e. The molecule has 4 aliphatic rings. The van der Waals surface area contributed by atoms with E-state index in [1.54, 1.807) is 12.4 Å². The van der Waals surface area contributed by atoms with Gasteiger partial charge in [0.1, 0.15) is 0 Å². The second-order valence-corrected chi connectivity index (χ2v) is 4.85. The van der Waals surface area contributed by atoms with Crippen molar-refractivity contribution in [1.82, 2.24) is 0 Å². The molecule has 4 rings (SSSR count). The standard InChI is InChI=1S/C12H10N2.2C5H5.2Fe/c1-2-6-11(5-1)9-13-14-10-12-7-3-4-8-12;2*1-2-4-5-3-1;;/h1-10H;2*1-5H;;/q;;;2*+2/b13-9+,14-10+;;;;. The van der Waals surface area contributed by atoms with Gasteiger partial charge in [-0.3, -0.25) is 0 Å². The summed E-state index contributed by atoms with van der Waals surface area (Å²) >= 11 is 0. The Kier molecular flexibility index (Phi) is 19.0.